The molecule has 1 aromatic heterocycles. The van der Waals surface area contributed by atoms with E-state index in [1.54, 1.807) is 15.8 Å². The van der Waals surface area contributed by atoms with Gasteiger partial charge in [-0.25, -0.2) is 4.68 Å². The minimum absolute atomic E-state index is 0.0892. The van der Waals surface area contributed by atoms with Crippen LogP contribution in [0.3, 0.4) is 0 Å². The van der Waals surface area contributed by atoms with E-state index >= 15 is 0 Å². The number of hydrogen-bond acceptors (Lipinski definition) is 3. The molecule has 126 valence electrons. The Morgan fingerprint density at radius 3 is 2.54 bits per heavy atom. The molecule has 1 fully saturated rings. The van der Waals surface area contributed by atoms with Gasteiger partial charge < -0.3 is 10.0 Å². The van der Waals surface area contributed by atoms with E-state index in [2.05, 4.69) is 5.10 Å². The van der Waals surface area contributed by atoms with Gasteiger partial charge in [0.15, 0.2) is 0 Å². The zero-order valence-electron chi connectivity index (χ0n) is 13.5. The summed E-state index contributed by atoms with van der Waals surface area (Å²) in [5.41, 5.74) is 2.01. The Balaban J connectivity index is 1.50. The number of carboxylic acids is 1. The first kappa shape index (κ1) is 16.2. The standard InChI is InChI=1S/C18H21N3O3/c22-17(20-10-8-15(9-11-20)18(23)24)7-6-14-12-19-21(13-14)16-4-2-1-3-5-16/h1-5,12-13,15H,6-11H2,(H,23,24). The number of carbonyl (C=O) groups is 2. The molecule has 2 heterocycles. The van der Waals surface area contributed by atoms with Gasteiger partial charge in [-0.15, -0.1) is 0 Å². The first-order valence-corrected chi connectivity index (χ1v) is 8.23. The molecule has 1 aromatic carbocycles. The largest absolute Gasteiger partial charge is 0.481 e. The third kappa shape index (κ3) is 3.82. The molecule has 6 nitrogen and oxygen atoms in total. The summed E-state index contributed by atoms with van der Waals surface area (Å²) in [4.78, 5) is 25.0. The van der Waals surface area contributed by atoms with Crippen LogP contribution >= 0.6 is 0 Å². The topological polar surface area (TPSA) is 75.4 Å². The maximum atomic E-state index is 12.3. The van der Waals surface area contributed by atoms with Gasteiger partial charge in [0, 0.05) is 25.7 Å². The van der Waals surface area contributed by atoms with Crippen LogP contribution in [0.1, 0.15) is 24.8 Å². The van der Waals surface area contributed by atoms with Crippen LogP contribution in [0, 0.1) is 5.92 Å². The van der Waals surface area contributed by atoms with E-state index in [0.717, 1.165) is 11.3 Å². The van der Waals surface area contributed by atoms with Gasteiger partial charge in [-0.05, 0) is 37.0 Å². The normalized spacial score (nSPS) is 15.4. The van der Waals surface area contributed by atoms with E-state index in [0.29, 0.717) is 38.8 Å². The van der Waals surface area contributed by atoms with Gasteiger partial charge in [-0.1, -0.05) is 18.2 Å². The lowest BCUT2D eigenvalue weighted by atomic mass is 9.97. The fraction of sp³-hybridized carbons (Fsp3) is 0.389. The van der Waals surface area contributed by atoms with Gasteiger partial charge in [0.05, 0.1) is 17.8 Å². The lowest BCUT2D eigenvalue weighted by molar-refractivity contribution is -0.145. The number of piperidine rings is 1. The predicted molar refractivity (Wildman–Crippen MR) is 88.8 cm³/mol. The van der Waals surface area contributed by atoms with Crippen LogP contribution in [0.15, 0.2) is 42.7 Å². The summed E-state index contributed by atoms with van der Waals surface area (Å²) in [6, 6.07) is 9.84. The molecule has 0 spiro atoms. The Morgan fingerprint density at radius 1 is 1.17 bits per heavy atom. The van der Waals surface area contributed by atoms with Crippen molar-refractivity contribution in [1.82, 2.24) is 14.7 Å². The second-order valence-electron chi connectivity index (χ2n) is 6.12. The van der Waals surface area contributed by atoms with Crippen LogP contribution in [-0.4, -0.2) is 44.8 Å². The van der Waals surface area contributed by atoms with Crippen molar-refractivity contribution in [3.05, 3.63) is 48.3 Å². The van der Waals surface area contributed by atoms with Crippen LogP contribution in [0.4, 0.5) is 0 Å². The number of rotatable bonds is 5. The van der Waals surface area contributed by atoms with Crippen molar-refractivity contribution in [3.63, 3.8) is 0 Å². The Labute approximate surface area is 140 Å². The number of aryl methyl sites for hydroxylation is 1. The summed E-state index contributed by atoms with van der Waals surface area (Å²) in [6.45, 7) is 1.08. The molecule has 1 saturated heterocycles. The fourth-order valence-corrected chi connectivity index (χ4v) is 3.00. The zero-order valence-corrected chi connectivity index (χ0v) is 13.5. The third-order valence-electron chi connectivity index (χ3n) is 4.48. The fourth-order valence-electron chi connectivity index (χ4n) is 3.00. The molecule has 24 heavy (non-hydrogen) atoms. The van der Waals surface area contributed by atoms with E-state index in [4.69, 9.17) is 5.11 Å². The van der Waals surface area contributed by atoms with Crippen LogP contribution < -0.4 is 0 Å². The minimum atomic E-state index is -0.754. The van der Waals surface area contributed by atoms with Crippen molar-refractivity contribution in [2.45, 2.75) is 25.7 Å². The van der Waals surface area contributed by atoms with Crippen molar-refractivity contribution in [2.24, 2.45) is 5.92 Å². The molecule has 3 rings (SSSR count). The summed E-state index contributed by atoms with van der Waals surface area (Å²) in [5.74, 6) is -0.972. The molecule has 0 unspecified atom stereocenters. The van der Waals surface area contributed by atoms with E-state index in [9.17, 15) is 9.59 Å². The van der Waals surface area contributed by atoms with E-state index in [1.165, 1.54) is 0 Å². The number of carboxylic acid groups (broad SMARTS) is 1. The highest BCUT2D eigenvalue weighted by Crippen LogP contribution is 2.18. The van der Waals surface area contributed by atoms with Crippen LogP contribution in [0.25, 0.3) is 5.69 Å². The maximum absolute atomic E-state index is 12.3. The Morgan fingerprint density at radius 2 is 1.88 bits per heavy atom. The van der Waals surface area contributed by atoms with Crippen molar-refractivity contribution in [2.75, 3.05) is 13.1 Å². The number of carbonyl (C=O) groups excluding carboxylic acids is 1. The Hall–Kier alpha value is -2.63. The Kier molecular flexibility index (Phi) is 4.93. The quantitative estimate of drug-likeness (QED) is 0.913. The molecule has 1 amide bonds. The van der Waals surface area contributed by atoms with Crippen LogP contribution in [0.5, 0.6) is 0 Å². The average molecular weight is 327 g/mol. The summed E-state index contributed by atoms with van der Waals surface area (Å²) < 4.78 is 1.80. The van der Waals surface area contributed by atoms with Gasteiger partial charge in [-0.3, -0.25) is 9.59 Å². The second kappa shape index (κ2) is 7.29. The maximum Gasteiger partial charge on any atom is 0.306 e. The summed E-state index contributed by atoms with van der Waals surface area (Å²) >= 11 is 0. The number of benzene rings is 1. The van der Waals surface area contributed by atoms with Crippen molar-refractivity contribution < 1.29 is 14.7 Å². The second-order valence-corrected chi connectivity index (χ2v) is 6.12. The lowest BCUT2D eigenvalue weighted by Gasteiger charge is -2.30. The van der Waals surface area contributed by atoms with Crippen molar-refractivity contribution >= 4 is 11.9 Å². The number of amides is 1. The summed E-state index contributed by atoms with van der Waals surface area (Å²) in [7, 11) is 0. The summed E-state index contributed by atoms with van der Waals surface area (Å²) in [5, 5.41) is 13.3. The molecule has 0 saturated carbocycles. The zero-order chi connectivity index (χ0) is 16.9. The molecule has 2 aromatic rings. The van der Waals surface area contributed by atoms with E-state index in [1.807, 2.05) is 36.5 Å². The van der Waals surface area contributed by atoms with Crippen LogP contribution in [0.2, 0.25) is 0 Å². The van der Waals surface area contributed by atoms with Crippen LogP contribution in [-0.2, 0) is 16.0 Å². The molecule has 0 atom stereocenters. The number of para-hydroxylation sites is 1. The molecule has 0 radical (unpaired) electrons. The number of aliphatic carboxylic acids is 1. The molecule has 1 N–H and O–H groups in total. The molecule has 1 aliphatic heterocycles. The molecule has 0 aliphatic carbocycles. The molecule has 0 bridgehead atoms. The SMILES string of the molecule is O=C(O)C1CCN(C(=O)CCc2cnn(-c3ccccc3)c2)CC1. The number of nitrogens with zero attached hydrogens (tertiary/aromatic N) is 3. The van der Waals surface area contributed by atoms with E-state index < -0.39 is 5.97 Å². The first-order valence-electron chi connectivity index (χ1n) is 8.23. The lowest BCUT2D eigenvalue weighted by Crippen LogP contribution is -2.40. The van der Waals surface area contributed by atoms with Gasteiger partial charge in [0.2, 0.25) is 5.91 Å². The molecular formula is C18H21N3O3. The first-order chi connectivity index (χ1) is 11.6. The smallest absolute Gasteiger partial charge is 0.306 e. The number of aromatic nitrogens is 2. The highest BCUT2D eigenvalue weighted by molar-refractivity contribution is 5.77. The summed E-state index contributed by atoms with van der Waals surface area (Å²) in [6.07, 6.45) is 5.90. The van der Waals surface area contributed by atoms with Gasteiger partial charge in [0.25, 0.3) is 0 Å². The van der Waals surface area contributed by atoms with Gasteiger partial charge in [0.1, 0.15) is 0 Å². The van der Waals surface area contributed by atoms with Crippen molar-refractivity contribution in [3.8, 4) is 5.69 Å². The predicted octanol–water partition coefficient (Wildman–Crippen LogP) is 2.13. The highest BCUT2D eigenvalue weighted by atomic mass is 16.4. The van der Waals surface area contributed by atoms with Gasteiger partial charge in [-0.2, -0.15) is 5.10 Å². The average Bonchev–Trinajstić information content (AvgIpc) is 3.09. The molecule has 6 heteroatoms. The number of hydrogen-bond donors (Lipinski definition) is 1. The highest BCUT2D eigenvalue weighted by Gasteiger charge is 2.26. The monoisotopic (exact) mass is 327 g/mol. The third-order valence-corrected chi connectivity index (χ3v) is 4.48. The van der Waals surface area contributed by atoms with Crippen molar-refractivity contribution in [1.29, 1.82) is 0 Å². The number of likely N-dealkylation sites (tertiary alicyclic amines) is 1. The minimum Gasteiger partial charge on any atom is -0.481 e. The molecule has 1 aliphatic rings. The Bertz CT molecular complexity index is 703. The van der Waals surface area contributed by atoms with E-state index in [-0.39, 0.29) is 11.8 Å². The van der Waals surface area contributed by atoms with Gasteiger partial charge >= 0.3 is 5.97 Å². The molecular weight excluding hydrogens is 306 g/mol.